The number of nitrogens with zero attached hydrogens (tertiary/aromatic N) is 3. The highest BCUT2D eigenvalue weighted by Crippen LogP contribution is 2.30. The first-order valence-corrected chi connectivity index (χ1v) is 9.47. The van der Waals surface area contributed by atoms with Crippen LogP contribution in [0, 0.1) is 5.92 Å². The summed E-state index contributed by atoms with van der Waals surface area (Å²) >= 11 is 0. The van der Waals surface area contributed by atoms with Gasteiger partial charge in [0.2, 0.25) is 5.91 Å². The van der Waals surface area contributed by atoms with Crippen LogP contribution in [0.3, 0.4) is 0 Å². The summed E-state index contributed by atoms with van der Waals surface area (Å²) in [6.45, 7) is 2.04. The van der Waals surface area contributed by atoms with E-state index in [1.54, 1.807) is 18.3 Å². The zero-order chi connectivity index (χ0) is 18.6. The van der Waals surface area contributed by atoms with Crippen LogP contribution < -0.4 is 15.5 Å². The Hall–Kier alpha value is -2.96. The summed E-state index contributed by atoms with van der Waals surface area (Å²) in [7, 11) is 0. The number of rotatable bonds is 5. The number of anilines is 3. The minimum atomic E-state index is -0.253. The second-order valence-corrected chi connectivity index (χ2v) is 7.13. The summed E-state index contributed by atoms with van der Waals surface area (Å²) in [6.07, 6.45) is 10.5. The number of hydrogen-bond donors (Lipinski definition) is 2. The highest BCUT2D eigenvalue weighted by molar-refractivity contribution is 6.05. The van der Waals surface area contributed by atoms with Crippen LogP contribution in [0.4, 0.5) is 17.2 Å². The molecule has 2 aliphatic rings. The molecule has 140 valence electrons. The molecule has 0 atom stereocenters. The minimum absolute atomic E-state index is 0.0292. The molecule has 2 fully saturated rings. The molecule has 2 aromatic heterocycles. The van der Waals surface area contributed by atoms with Crippen molar-refractivity contribution in [3.8, 4) is 0 Å². The molecule has 3 heterocycles. The molecule has 7 nitrogen and oxygen atoms in total. The molecule has 27 heavy (non-hydrogen) atoms. The van der Waals surface area contributed by atoms with Crippen molar-refractivity contribution in [3.63, 3.8) is 0 Å². The van der Waals surface area contributed by atoms with Crippen molar-refractivity contribution in [2.24, 2.45) is 5.92 Å². The van der Waals surface area contributed by atoms with E-state index in [-0.39, 0.29) is 17.7 Å². The number of carbonyl (C=O) groups excluding carboxylic acids is 2. The molecule has 4 rings (SSSR count). The second-order valence-electron chi connectivity index (χ2n) is 7.13. The van der Waals surface area contributed by atoms with Gasteiger partial charge >= 0.3 is 0 Å². The molecule has 2 N–H and O–H groups in total. The van der Waals surface area contributed by atoms with Gasteiger partial charge in [-0.1, -0.05) is 0 Å². The standard InChI is InChI=1S/C20H23N5O2/c26-19(14-4-5-14)24-18-10-15(6-7-22-18)20(27)23-16-11-17(13-21-12-16)25-8-2-1-3-9-25/h6-7,10-14H,1-5,8-9H2,(H,23,27)(H,22,24,26). The Kier molecular flexibility index (Phi) is 5.00. The van der Waals surface area contributed by atoms with E-state index in [1.807, 2.05) is 12.3 Å². The molecule has 2 aromatic rings. The van der Waals surface area contributed by atoms with Crippen molar-refractivity contribution in [2.75, 3.05) is 28.6 Å². The van der Waals surface area contributed by atoms with Gasteiger partial charge in [-0.25, -0.2) is 4.98 Å². The van der Waals surface area contributed by atoms with Crippen molar-refractivity contribution >= 4 is 29.0 Å². The summed E-state index contributed by atoms with van der Waals surface area (Å²) in [5, 5.41) is 5.65. The number of carbonyl (C=O) groups is 2. The van der Waals surface area contributed by atoms with Crippen molar-refractivity contribution in [1.29, 1.82) is 0 Å². The summed E-state index contributed by atoms with van der Waals surface area (Å²) in [5.74, 6) is 0.211. The molecule has 0 spiro atoms. The summed E-state index contributed by atoms with van der Waals surface area (Å²) in [5.41, 5.74) is 2.13. The quantitative estimate of drug-likeness (QED) is 0.850. The van der Waals surface area contributed by atoms with Crippen LogP contribution in [0.15, 0.2) is 36.8 Å². The molecular formula is C20H23N5O2. The van der Waals surface area contributed by atoms with E-state index in [0.717, 1.165) is 31.6 Å². The normalized spacial score (nSPS) is 16.7. The first-order valence-electron chi connectivity index (χ1n) is 9.47. The Labute approximate surface area is 158 Å². The van der Waals surface area contributed by atoms with E-state index in [1.165, 1.54) is 25.5 Å². The zero-order valence-corrected chi connectivity index (χ0v) is 15.1. The van der Waals surface area contributed by atoms with Crippen LogP contribution in [0.2, 0.25) is 0 Å². The van der Waals surface area contributed by atoms with Crippen molar-refractivity contribution in [3.05, 3.63) is 42.4 Å². The summed E-state index contributed by atoms with van der Waals surface area (Å²) in [4.78, 5) is 35.1. The van der Waals surface area contributed by atoms with Gasteiger partial charge in [0.25, 0.3) is 5.91 Å². The number of piperidine rings is 1. The van der Waals surface area contributed by atoms with Gasteiger partial charge in [-0.3, -0.25) is 14.6 Å². The van der Waals surface area contributed by atoms with Gasteiger partial charge in [-0.2, -0.15) is 0 Å². The SMILES string of the molecule is O=C(Nc1cncc(N2CCCCC2)c1)c1ccnc(NC(=O)C2CC2)c1. The van der Waals surface area contributed by atoms with Gasteiger partial charge in [-0.15, -0.1) is 0 Å². The third-order valence-corrected chi connectivity index (χ3v) is 4.92. The van der Waals surface area contributed by atoms with E-state index < -0.39 is 0 Å². The van der Waals surface area contributed by atoms with E-state index in [2.05, 4.69) is 25.5 Å². The molecular weight excluding hydrogens is 342 g/mol. The molecule has 0 aromatic carbocycles. The maximum absolute atomic E-state index is 12.6. The molecule has 0 radical (unpaired) electrons. The highest BCUT2D eigenvalue weighted by Gasteiger charge is 2.29. The predicted octanol–water partition coefficient (Wildman–Crippen LogP) is 3.07. The molecule has 2 amide bonds. The summed E-state index contributed by atoms with van der Waals surface area (Å²) in [6, 6.07) is 5.18. The molecule has 1 saturated carbocycles. The van der Waals surface area contributed by atoms with Gasteiger partial charge < -0.3 is 15.5 Å². The first kappa shape index (κ1) is 17.5. The maximum atomic E-state index is 12.6. The predicted molar refractivity (Wildman–Crippen MR) is 104 cm³/mol. The molecule has 1 saturated heterocycles. The lowest BCUT2D eigenvalue weighted by Gasteiger charge is -2.28. The average molecular weight is 365 g/mol. The van der Waals surface area contributed by atoms with E-state index in [9.17, 15) is 9.59 Å². The van der Waals surface area contributed by atoms with Crippen molar-refractivity contribution in [2.45, 2.75) is 32.1 Å². The van der Waals surface area contributed by atoms with Gasteiger partial charge in [0, 0.05) is 30.8 Å². The van der Waals surface area contributed by atoms with E-state index in [0.29, 0.717) is 17.1 Å². The fourth-order valence-electron chi connectivity index (χ4n) is 3.24. The van der Waals surface area contributed by atoms with Crippen LogP contribution in [0.1, 0.15) is 42.5 Å². The topological polar surface area (TPSA) is 87.2 Å². The Balaban J connectivity index is 1.43. The highest BCUT2D eigenvalue weighted by atomic mass is 16.2. The van der Waals surface area contributed by atoms with Gasteiger partial charge in [0.15, 0.2) is 0 Å². The van der Waals surface area contributed by atoms with Crippen LogP contribution in [0.5, 0.6) is 0 Å². The fraction of sp³-hybridized carbons (Fsp3) is 0.400. The van der Waals surface area contributed by atoms with Crippen LogP contribution >= 0.6 is 0 Å². The van der Waals surface area contributed by atoms with Crippen molar-refractivity contribution in [1.82, 2.24) is 9.97 Å². The molecule has 0 unspecified atom stereocenters. The number of amides is 2. The number of aromatic nitrogens is 2. The van der Waals surface area contributed by atoms with Crippen LogP contribution in [-0.4, -0.2) is 34.9 Å². The minimum Gasteiger partial charge on any atom is -0.370 e. The Bertz CT molecular complexity index is 844. The average Bonchev–Trinajstić information content (AvgIpc) is 3.54. The monoisotopic (exact) mass is 365 g/mol. The van der Waals surface area contributed by atoms with Gasteiger partial charge in [-0.05, 0) is 50.3 Å². The third kappa shape index (κ3) is 4.42. The summed E-state index contributed by atoms with van der Waals surface area (Å²) < 4.78 is 0. The molecule has 0 bridgehead atoms. The number of hydrogen-bond acceptors (Lipinski definition) is 5. The van der Waals surface area contributed by atoms with Gasteiger partial charge in [0.1, 0.15) is 5.82 Å². The maximum Gasteiger partial charge on any atom is 0.255 e. The Morgan fingerprint density at radius 1 is 1.04 bits per heavy atom. The smallest absolute Gasteiger partial charge is 0.255 e. The second kappa shape index (κ2) is 7.73. The van der Waals surface area contributed by atoms with E-state index in [4.69, 9.17) is 0 Å². The third-order valence-electron chi connectivity index (χ3n) is 4.92. The lowest BCUT2D eigenvalue weighted by atomic mass is 10.1. The first-order chi connectivity index (χ1) is 13.2. The van der Waals surface area contributed by atoms with Gasteiger partial charge in [0.05, 0.1) is 23.8 Å². The lowest BCUT2D eigenvalue weighted by Crippen LogP contribution is -2.29. The van der Waals surface area contributed by atoms with E-state index >= 15 is 0 Å². The largest absolute Gasteiger partial charge is 0.370 e. The van der Waals surface area contributed by atoms with Crippen molar-refractivity contribution < 1.29 is 9.59 Å². The Morgan fingerprint density at radius 3 is 2.63 bits per heavy atom. The van der Waals surface area contributed by atoms with Crippen LogP contribution in [0.25, 0.3) is 0 Å². The fourth-order valence-corrected chi connectivity index (χ4v) is 3.24. The molecule has 1 aliphatic heterocycles. The molecule has 1 aliphatic carbocycles. The number of nitrogens with one attached hydrogen (secondary N) is 2. The van der Waals surface area contributed by atoms with Crippen LogP contribution in [-0.2, 0) is 4.79 Å². The zero-order valence-electron chi connectivity index (χ0n) is 15.1. The molecule has 7 heteroatoms. The lowest BCUT2D eigenvalue weighted by molar-refractivity contribution is -0.117. The Morgan fingerprint density at radius 2 is 1.85 bits per heavy atom. The number of pyridine rings is 2.